The highest BCUT2D eigenvalue weighted by Gasteiger charge is 2.38. The first-order chi connectivity index (χ1) is 21.0. The number of esters is 1. The molecular weight excluding hydrogens is 568 g/mol. The van der Waals surface area contributed by atoms with Crippen molar-refractivity contribution in [3.63, 3.8) is 0 Å². The largest absolute Gasteiger partial charge is 0.459 e. The van der Waals surface area contributed by atoms with Gasteiger partial charge in [-0.25, -0.2) is 14.4 Å². The second-order valence-electron chi connectivity index (χ2n) is 11.9. The van der Waals surface area contributed by atoms with E-state index in [9.17, 15) is 19.5 Å². The molecule has 0 spiro atoms. The molecule has 2 heterocycles. The lowest BCUT2D eigenvalue weighted by Gasteiger charge is -2.39. The van der Waals surface area contributed by atoms with Gasteiger partial charge in [-0.1, -0.05) is 54.6 Å². The predicted molar refractivity (Wildman–Crippen MR) is 161 cm³/mol. The monoisotopic (exact) mass is 612 g/mol. The van der Waals surface area contributed by atoms with E-state index in [0.717, 1.165) is 11.1 Å². The molecule has 4 rings (SSSR count). The van der Waals surface area contributed by atoms with Gasteiger partial charge in [-0.3, -0.25) is 0 Å². The fourth-order valence-corrected chi connectivity index (χ4v) is 5.03. The molecule has 44 heavy (non-hydrogen) atoms. The van der Waals surface area contributed by atoms with Gasteiger partial charge in [0.1, 0.15) is 30.0 Å². The summed E-state index contributed by atoms with van der Waals surface area (Å²) in [4.78, 5) is 41.3. The van der Waals surface area contributed by atoms with Gasteiger partial charge in [-0.2, -0.15) is 0 Å². The van der Waals surface area contributed by atoms with Crippen LogP contribution in [0.3, 0.4) is 0 Å². The standard InChI is InChI=1S/C32H44N4O8/c1-32(2,3)44-29(38)27(33)24-11-9-22(10-12-24)19-34-30(39)35-14-16-36(17-15-35)31(40)43-25-13-18-41-26(20-37)28(25)42-21-23-7-5-4-6-8-23/h4-12,25-28,37H,13-21,33H2,1-3H3,(H,34,39)/t25-,26-,27?,28+/m1/s1. The van der Waals surface area contributed by atoms with Crippen LogP contribution < -0.4 is 11.1 Å². The zero-order valence-electron chi connectivity index (χ0n) is 25.6. The Labute approximate surface area is 258 Å². The lowest BCUT2D eigenvalue weighted by molar-refractivity contribution is -0.177. The van der Waals surface area contributed by atoms with E-state index in [1.165, 1.54) is 0 Å². The topological polar surface area (TPSA) is 153 Å². The minimum absolute atomic E-state index is 0.239. The van der Waals surface area contributed by atoms with Crippen LogP contribution in [-0.2, 0) is 36.9 Å². The number of rotatable bonds is 9. The van der Waals surface area contributed by atoms with Crippen LogP contribution in [0.25, 0.3) is 0 Å². The molecule has 4 N–H and O–H groups in total. The van der Waals surface area contributed by atoms with Crippen molar-refractivity contribution in [3.05, 3.63) is 71.3 Å². The van der Waals surface area contributed by atoms with Crippen LogP contribution in [0.2, 0.25) is 0 Å². The quantitative estimate of drug-likeness (QED) is 0.363. The number of nitrogens with zero attached hydrogens (tertiary/aromatic N) is 2. The fraction of sp³-hybridized carbons (Fsp3) is 0.531. The fourth-order valence-electron chi connectivity index (χ4n) is 5.03. The molecule has 0 bridgehead atoms. The number of carbonyl (C=O) groups excluding carboxylic acids is 3. The lowest BCUT2D eigenvalue weighted by Crippen LogP contribution is -2.55. The molecule has 2 aliphatic rings. The van der Waals surface area contributed by atoms with Gasteiger partial charge in [-0.15, -0.1) is 0 Å². The zero-order valence-corrected chi connectivity index (χ0v) is 25.6. The molecule has 12 heteroatoms. The minimum atomic E-state index is -0.892. The number of urea groups is 1. The number of piperazine rings is 1. The summed E-state index contributed by atoms with van der Waals surface area (Å²) in [6.45, 7) is 7.42. The number of aliphatic hydroxyl groups is 1. The molecule has 0 aliphatic carbocycles. The van der Waals surface area contributed by atoms with E-state index in [0.29, 0.717) is 57.9 Å². The minimum Gasteiger partial charge on any atom is -0.459 e. The van der Waals surface area contributed by atoms with Crippen molar-refractivity contribution >= 4 is 18.1 Å². The van der Waals surface area contributed by atoms with Gasteiger partial charge in [0.05, 0.1) is 19.8 Å². The molecule has 1 unspecified atom stereocenters. The third kappa shape index (κ3) is 9.39. The van der Waals surface area contributed by atoms with Crippen LogP contribution in [0.15, 0.2) is 54.6 Å². The van der Waals surface area contributed by atoms with Crippen molar-refractivity contribution in [2.24, 2.45) is 5.73 Å². The van der Waals surface area contributed by atoms with Crippen LogP contribution in [0, 0.1) is 0 Å². The van der Waals surface area contributed by atoms with E-state index in [1.807, 2.05) is 42.5 Å². The van der Waals surface area contributed by atoms with Crippen molar-refractivity contribution in [1.82, 2.24) is 15.1 Å². The molecule has 2 saturated heterocycles. The first-order valence-corrected chi connectivity index (χ1v) is 15.0. The van der Waals surface area contributed by atoms with Gasteiger partial charge in [0.15, 0.2) is 0 Å². The van der Waals surface area contributed by atoms with Crippen LogP contribution in [0.1, 0.15) is 49.9 Å². The van der Waals surface area contributed by atoms with Crippen molar-refractivity contribution in [3.8, 4) is 0 Å². The molecule has 2 aliphatic heterocycles. The number of ether oxygens (including phenoxy) is 4. The molecule has 0 radical (unpaired) electrons. The van der Waals surface area contributed by atoms with E-state index in [4.69, 9.17) is 24.7 Å². The van der Waals surface area contributed by atoms with Crippen molar-refractivity contribution in [2.45, 2.75) is 70.3 Å². The first-order valence-electron chi connectivity index (χ1n) is 15.0. The Morgan fingerprint density at radius 3 is 2.30 bits per heavy atom. The summed E-state index contributed by atoms with van der Waals surface area (Å²) in [6, 6.07) is 15.6. The Hall–Kier alpha value is -3.71. The van der Waals surface area contributed by atoms with Crippen molar-refractivity contribution in [1.29, 1.82) is 0 Å². The Morgan fingerprint density at radius 2 is 1.66 bits per heavy atom. The van der Waals surface area contributed by atoms with Crippen LogP contribution in [0.5, 0.6) is 0 Å². The summed E-state index contributed by atoms with van der Waals surface area (Å²) in [6.07, 6.45) is -1.79. The molecule has 2 aromatic carbocycles. The number of hydrogen-bond acceptors (Lipinski definition) is 9. The van der Waals surface area contributed by atoms with Crippen LogP contribution >= 0.6 is 0 Å². The van der Waals surface area contributed by atoms with Crippen molar-refractivity contribution < 1.29 is 38.4 Å². The summed E-state index contributed by atoms with van der Waals surface area (Å²) in [5.74, 6) is -0.500. The summed E-state index contributed by atoms with van der Waals surface area (Å²) in [7, 11) is 0. The molecule has 240 valence electrons. The number of nitrogens with two attached hydrogens (primary N) is 1. The smallest absolute Gasteiger partial charge is 0.410 e. The summed E-state index contributed by atoms with van der Waals surface area (Å²) >= 11 is 0. The number of hydrogen-bond donors (Lipinski definition) is 3. The average Bonchev–Trinajstić information content (AvgIpc) is 3.02. The molecule has 4 atom stereocenters. The second-order valence-corrected chi connectivity index (χ2v) is 11.9. The number of aliphatic hydroxyl groups excluding tert-OH is 1. The molecule has 3 amide bonds. The van der Waals surface area contributed by atoms with Gasteiger partial charge < -0.3 is 44.9 Å². The highest BCUT2D eigenvalue weighted by Crippen LogP contribution is 2.23. The third-order valence-electron chi connectivity index (χ3n) is 7.45. The van der Waals surface area contributed by atoms with Gasteiger partial charge in [0.25, 0.3) is 0 Å². The molecule has 2 aromatic rings. The molecular formula is C32H44N4O8. The van der Waals surface area contributed by atoms with E-state index in [1.54, 1.807) is 42.7 Å². The number of benzene rings is 2. The van der Waals surface area contributed by atoms with Gasteiger partial charge in [0, 0.05) is 39.1 Å². The van der Waals surface area contributed by atoms with E-state index in [-0.39, 0.29) is 12.6 Å². The molecule has 2 fully saturated rings. The maximum Gasteiger partial charge on any atom is 0.410 e. The van der Waals surface area contributed by atoms with Crippen molar-refractivity contribution in [2.75, 3.05) is 39.4 Å². The van der Waals surface area contributed by atoms with Gasteiger partial charge in [-0.05, 0) is 37.5 Å². The van der Waals surface area contributed by atoms with E-state index >= 15 is 0 Å². The molecule has 0 aromatic heterocycles. The Morgan fingerprint density at radius 1 is 1.00 bits per heavy atom. The molecule has 0 saturated carbocycles. The Bertz CT molecular complexity index is 1230. The summed E-state index contributed by atoms with van der Waals surface area (Å²) < 4.78 is 22.9. The van der Waals surface area contributed by atoms with Crippen LogP contribution in [0.4, 0.5) is 9.59 Å². The Balaban J connectivity index is 1.22. The van der Waals surface area contributed by atoms with Crippen LogP contribution in [-0.4, -0.2) is 96.3 Å². The molecule has 12 nitrogen and oxygen atoms in total. The average molecular weight is 613 g/mol. The SMILES string of the molecule is CC(C)(C)OC(=O)C(N)c1ccc(CNC(=O)N2CCN(C(=O)O[C@@H]3CCO[C@H](CO)[C@H]3OCc3ccccc3)CC2)cc1. The first kappa shape index (κ1) is 33.2. The number of nitrogens with one attached hydrogen (secondary N) is 1. The zero-order chi connectivity index (χ0) is 31.7. The van der Waals surface area contributed by atoms with E-state index in [2.05, 4.69) is 5.32 Å². The Kier molecular flexibility index (Phi) is 11.6. The summed E-state index contributed by atoms with van der Waals surface area (Å²) in [5.41, 5.74) is 7.86. The van der Waals surface area contributed by atoms with Gasteiger partial charge in [0.2, 0.25) is 0 Å². The normalized spacial score (nSPS) is 21.3. The lowest BCUT2D eigenvalue weighted by atomic mass is 10.0. The second kappa shape index (κ2) is 15.3. The highest BCUT2D eigenvalue weighted by molar-refractivity contribution is 5.78. The predicted octanol–water partition coefficient (Wildman–Crippen LogP) is 2.73. The number of amides is 3. The highest BCUT2D eigenvalue weighted by atomic mass is 16.6. The van der Waals surface area contributed by atoms with Gasteiger partial charge >= 0.3 is 18.1 Å². The summed E-state index contributed by atoms with van der Waals surface area (Å²) in [5, 5.41) is 12.7. The third-order valence-corrected chi connectivity index (χ3v) is 7.45. The number of carbonyl (C=O) groups is 3. The maximum atomic E-state index is 13.0. The van der Waals surface area contributed by atoms with E-state index < -0.39 is 42.0 Å². The maximum absolute atomic E-state index is 13.0.